The fourth-order valence-electron chi connectivity index (χ4n) is 1.65. The van der Waals surface area contributed by atoms with Gasteiger partial charge in [0.1, 0.15) is 17.7 Å². The quantitative estimate of drug-likeness (QED) is 0.738. The van der Waals surface area contributed by atoms with Crippen LogP contribution in [-0.4, -0.2) is 25.1 Å². The molecule has 0 N–H and O–H groups in total. The first kappa shape index (κ1) is 11.1. The number of benzene rings is 1. The van der Waals surface area contributed by atoms with Gasteiger partial charge in [0.25, 0.3) is 0 Å². The van der Waals surface area contributed by atoms with Crippen LogP contribution in [-0.2, 0) is 4.74 Å². The van der Waals surface area contributed by atoms with E-state index in [0.29, 0.717) is 19.0 Å². The number of carbonyl (C=O) groups excluding carboxylic acids is 1. The van der Waals surface area contributed by atoms with Crippen LogP contribution in [0.15, 0.2) is 18.2 Å². The van der Waals surface area contributed by atoms with Crippen LogP contribution in [0.5, 0.6) is 5.75 Å². The Morgan fingerprint density at radius 2 is 2.38 bits per heavy atom. The molecule has 0 aromatic heterocycles. The summed E-state index contributed by atoms with van der Waals surface area (Å²) in [5.41, 5.74) is 0.0926. The highest BCUT2D eigenvalue weighted by molar-refractivity contribution is 5.94. The second-order valence-electron chi connectivity index (χ2n) is 3.80. The van der Waals surface area contributed by atoms with E-state index in [1.54, 1.807) is 6.07 Å². The molecule has 0 aliphatic carbocycles. The van der Waals surface area contributed by atoms with Gasteiger partial charge >= 0.3 is 0 Å². The van der Waals surface area contributed by atoms with Crippen LogP contribution in [0, 0.1) is 5.82 Å². The Hall–Kier alpha value is -1.42. The van der Waals surface area contributed by atoms with Crippen molar-refractivity contribution in [2.24, 2.45) is 0 Å². The summed E-state index contributed by atoms with van der Waals surface area (Å²) in [6.07, 6.45) is 0.804. The van der Waals surface area contributed by atoms with E-state index < -0.39 is 5.82 Å². The highest BCUT2D eigenvalue weighted by atomic mass is 19.1. The fraction of sp³-hybridized carbons (Fsp3) is 0.417. The van der Waals surface area contributed by atoms with E-state index in [4.69, 9.17) is 9.47 Å². The Morgan fingerprint density at radius 3 is 2.94 bits per heavy atom. The molecule has 0 amide bonds. The monoisotopic (exact) mass is 224 g/mol. The maximum atomic E-state index is 13.4. The average Bonchev–Trinajstić information content (AvgIpc) is 2.70. The number of carbonyl (C=O) groups is 1. The highest BCUT2D eigenvalue weighted by Crippen LogP contribution is 2.20. The van der Waals surface area contributed by atoms with E-state index in [1.807, 2.05) is 0 Å². The summed E-state index contributed by atoms with van der Waals surface area (Å²) >= 11 is 0. The molecule has 0 spiro atoms. The maximum absolute atomic E-state index is 13.4. The Kier molecular flexibility index (Phi) is 3.19. The second-order valence-corrected chi connectivity index (χ2v) is 3.80. The van der Waals surface area contributed by atoms with Crippen molar-refractivity contribution in [1.82, 2.24) is 0 Å². The molecule has 2 rings (SSSR count). The minimum atomic E-state index is -0.538. The van der Waals surface area contributed by atoms with Crippen LogP contribution in [0.4, 0.5) is 4.39 Å². The summed E-state index contributed by atoms with van der Waals surface area (Å²) in [5, 5.41) is 0. The lowest BCUT2D eigenvalue weighted by Gasteiger charge is -2.12. The van der Waals surface area contributed by atoms with Gasteiger partial charge in [-0.15, -0.1) is 0 Å². The van der Waals surface area contributed by atoms with E-state index in [2.05, 4.69) is 0 Å². The van der Waals surface area contributed by atoms with Crippen molar-refractivity contribution in [2.75, 3.05) is 13.2 Å². The first-order valence-corrected chi connectivity index (χ1v) is 5.21. The van der Waals surface area contributed by atoms with Gasteiger partial charge in [-0.1, -0.05) is 0 Å². The van der Waals surface area contributed by atoms with Crippen molar-refractivity contribution in [1.29, 1.82) is 0 Å². The molecule has 16 heavy (non-hydrogen) atoms. The van der Waals surface area contributed by atoms with E-state index in [1.165, 1.54) is 19.1 Å². The third-order valence-corrected chi connectivity index (χ3v) is 2.51. The highest BCUT2D eigenvalue weighted by Gasteiger charge is 2.18. The zero-order valence-electron chi connectivity index (χ0n) is 9.03. The Balaban J connectivity index is 2.11. The molecule has 3 nitrogen and oxygen atoms in total. The predicted octanol–water partition coefficient (Wildman–Crippen LogP) is 2.20. The van der Waals surface area contributed by atoms with E-state index in [0.717, 1.165) is 6.42 Å². The topological polar surface area (TPSA) is 35.5 Å². The van der Waals surface area contributed by atoms with E-state index in [9.17, 15) is 9.18 Å². The number of ketones is 1. The first-order chi connectivity index (χ1) is 7.66. The standard InChI is InChI=1S/C12H13FO3/c1-8(14)11-3-2-9(6-12(11)13)16-10-4-5-15-7-10/h2-3,6,10H,4-5,7H2,1H3. The number of halogens is 1. The third-order valence-electron chi connectivity index (χ3n) is 2.51. The molecule has 4 heteroatoms. The number of ether oxygens (including phenoxy) is 2. The van der Waals surface area contributed by atoms with Gasteiger partial charge in [0.15, 0.2) is 5.78 Å². The molecule has 1 aliphatic rings. The fourth-order valence-corrected chi connectivity index (χ4v) is 1.65. The van der Waals surface area contributed by atoms with Crippen molar-refractivity contribution in [3.05, 3.63) is 29.6 Å². The van der Waals surface area contributed by atoms with Crippen LogP contribution in [0.2, 0.25) is 0 Å². The molecule has 1 atom stereocenters. The van der Waals surface area contributed by atoms with Crippen LogP contribution in [0.25, 0.3) is 0 Å². The van der Waals surface area contributed by atoms with Gasteiger partial charge in [0.2, 0.25) is 0 Å². The summed E-state index contributed by atoms with van der Waals surface area (Å²) in [5.74, 6) is -0.379. The van der Waals surface area contributed by atoms with Gasteiger partial charge in [0, 0.05) is 12.5 Å². The van der Waals surface area contributed by atoms with E-state index in [-0.39, 0.29) is 17.5 Å². The van der Waals surface area contributed by atoms with Crippen LogP contribution in [0.3, 0.4) is 0 Å². The number of rotatable bonds is 3. The zero-order chi connectivity index (χ0) is 11.5. The largest absolute Gasteiger partial charge is 0.488 e. The van der Waals surface area contributed by atoms with Gasteiger partial charge < -0.3 is 9.47 Å². The average molecular weight is 224 g/mol. The second kappa shape index (κ2) is 4.61. The Bertz CT molecular complexity index is 397. The lowest BCUT2D eigenvalue weighted by molar-refractivity contribution is 0.101. The van der Waals surface area contributed by atoms with Crippen molar-refractivity contribution >= 4 is 5.78 Å². The molecule has 1 aromatic rings. The molecule has 1 saturated heterocycles. The van der Waals surface area contributed by atoms with E-state index >= 15 is 0 Å². The number of hydrogen-bond donors (Lipinski definition) is 0. The number of Topliss-reactive ketones (excluding diaryl/α,β-unsaturated/α-hetero) is 1. The summed E-state index contributed by atoms with van der Waals surface area (Å²) in [4.78, 5) is 11.0. The van der Waals surface area contributed by atoms with Crippen LogP contribution in [0.1, 0.15) is 23.7 Å². The predicted molar refractivity (Wildman–Crippen MR) is 56.3 cm³/mol. The van der Waals surface area contributed by atoms with Gasteiger partial charge in [-0.25, -0.2) is 4.39 Å². The minimum absolute atomic E-state index is 0.0115. The van der Waals surface area contributed by atoms with Crippen molar-refractivity contribution in [3.8, 4) is 5.75 Å². The first-order valence-electron chi connectivity index (χ1n) is 5.21. The zero-order valence-corrected chi connectivity index (χ0v) is 9.03. The molecule has 1 aliphatic heterocycles. The van der Waals surface area contributed by atoms with Crippen molar-refractivity contribution in [2.45, 2.75) is 19.4 Å². The summed E-state index contributed by atoms with van der Waals surface area (Å²) in [6.45, 7) is 2.55. The SMILES string of the molecule is CC(=O)c1ccc(OC2CCOC2)cc1F. The van der Waals surface area contributed by atoms with Gasteiger partial charge in [-0.2, -0.15) is 0 Å². The van der Waals surface area contributed by atoms with Crippen molar-refractivity contribution in [3.63, 3.8) is 0 Å². The molecular formula is C12H13FO3. The molecule has 0 saturated carbocycles. The molecular weight excluding hydrogens is 211 g/mol. The maximum Gasteiger partial charge on any atom is 0.162 e. The number of hydrogen-bond acceptors (Lipinski definition) is 3. The Labute approximate surface area is 93.2 Å². The molecule has 1 fully saturated rings. The van der Waals surface area contributed by atoms with Gasteiger partial charge in [-0.3, -0.25) is 4.79 Å². The summed E-state index contributed by atoms with van der Waals surface area (Å²) < 4.78 is 24.1. The van der Waals surface area contributed by atoms with Crippen LogP contribution >= 0.6 is 0 Å². The summed E-state index contributed by atoms with van der Waals surface area (Å²) in [6, 6.07) is 4.30. The lowest BCUT2D eigenvalue weighted by Crippen LogP contribution is -2.15. The Morgan fingerprint density at radius 1 is 1.56 bits per heavy atom. The normalized spacial score (nSPS) is 19.8. The molecule has 1 unspecified atom stereocenters. The van der Waals surface area contributed by atoms with Crippen LogP contribution < -0.4 is 4.74 Å². The van der Waals surface area contributed by atoms with Gasteiger partial charge in [-0.05, 0) is 19.1 Å². The third kappa shape index (κ3) is 2.39. The summed E-state index contributed by atoms with van der Waals surface area (Å²) in [7, 11) is 0. The molecule has 1 aromatic carbocycles. The smallest absolute Gasteiger partial charge is 0.162 e. The van der Waals surface area contributed by atoms with Crippen molar-refractivity contribution < 1.29 is 18.7 Å². The molecule has 0 radical (unpaired) electrons. The molecule has 1 heterocycles. The lowest BCUT2D eigenvalue weighted by atomic mass is 10.1. The minimum Gasteiger partial charge on any atom is -0.488 e. The molecule has 0 bridgehead atoms. The molecule has 86 valence electrons. The van der Waals surface area contributed by atoms with Gasteiger partial charge in [0.05, 0.1) is 18.8 Å².